The number of aryl methyl sites for hydroxylation is 1. The molecular formula is C24H35N3O2S. The molecule has 0 saturated heterocycles. The lowest BCUT2D eigenvalue weighted by Crippen LogP contribution is -2.30. The molecule has 0 spiro atoms. The summed E-state index contributed by atoms with van der Waals surface area (Å²) in [5, 5.41) is 11.3. The van der Waals surface area contributed by atoms with Gasteiger partial charge in [0, 0.05) is 12.3 Å². The molecule has 0 aliphatic heterocycles. The van der Waals surface area contributed by atoms with E-state index < -0.39 is 5.60 Å². The molecule has 0 radical (unpaired) electrons. The predicted molar refractivity (Wildman–Crippen MR) is 121 cm³/mol. The van der Waals surface area contributed by atoms with E-state index in [0.29, 0.717) is 40.7 Å². The van der Waals surface area contributed by atoms with Crippen molar-refractivity contribution in [3.63, 3.8) is 0 Å². The molecule has 30 heavy (non-hydrogen) atoms. The van der Waals surface area contributed by atoms with Gasteiger partial charge in [-0.3, -0.25) is 4.79 Å². The molecule has 2 aromatic heterocycles. The molecule has 0 amide bonds. The van der Waals surface area contributed by atoms with Gasteiger partial charge in [0.15, 0.2) is 5.78 Å². The number of aromatic nitrogens is 3. The van der Waals surface area contributed by atoms with Crippen molar-refractivity contribution in [2.75, 3.05) is 0 Å². The van der Waals surface area contributed by atoms with Gasteiger partial charge < -0.3 is 5.11 Å². The number of Topliss-reactive ketones (excluding diaryl/α,β-unsaturated/α-hetero) is 1. The fraction of sp³-hybridized carbons (Fsp3) is 0.750. The maximum atomic E-state index is 13.1. The number of carbonyl (C=O) groups excluding carboxylic acids is 1. The molecule has 1 N–H and O–H groups in total. The lowest BCUT2D eigenvalue weighted by Gasteiger charge is -2.33. The first-order valence-electron chi connectivity index (χ1n) is 11.5. The van der Waals surface area contributed by atoms with Gasteiger partial charge in [-0.05, 0) is 83.0 Å². The zero-order valence-corrected chi connectivity index (χ0v) is 19.6. The molecule has 5 nitrogen and oxygen atoms in total. The largest absolute Gasteiger partial charge is 0.390 e. The van der Waals surface area contributed by atoms with Gasteiger partial charge in [-0.25, -0.2) is 15.0 Å². The highest BCUT2D eigenvalue weighted by atomic mass is 32.1. The van der Waals surface area contributed by atoms with Crippen LogP contribution < -0.4 is 0 Å². The summed E-state index contributed by atoms with van der Waals surface area (Å²) in [5.41, 5.74) is 1.12. The lowest BCUT2D eigenvalue weighted by atomic mass is 9.73. The molecule has 2 aromatic rings. The van der Waals surface area contributed by atoms with Crippen LogP contribution in [0.5, 0.6) is 0 Å². The smallest absolute Gasteiger partial charge is 0.183 e. The molecule has 0 bridgehead atoms. The highest BCUT2D eigenvalue weighted by Gasteiger charge is 2.31. The molecule has 164 valence electrons. The summed E-state index contributed by atoms with van der Waals surface area (Å²) in [4.78, 5) is 27.9. The molecule has 6 heteroatoms. The first-order chi connectivity index (χ1) is 14.1. The fourth-order valence-electron chi connectivity index (χ4n) is 5.00. The molecule has 0 aromatic carbocycles. The molecular weight excluding hydrogens is 394 g/mol. The van der Waals surface area contributed by atoms with Gasteiger partial charge in [0.05, 0.1) is 10.6 Å². The molecule has 2 saturated carbocycles. The summed E-state index contributed by atoms with van der Waals surface area (Å²) in [6, 6.07) is 0. The minimum atomic E-state index is -0.526. The summed E-state index contributed by atoms with van der Waals surface area (Å²) in [6.07, 6.45) is 9.79. The third-order valence-corrected chi connectivity index (χ3v) is 8.41. The molecule has 0 atom stereocenters. The second-order valence-corrected chi connectivity index (χ2v) is 11.7. The van der Waals surface area contributed by atoms with E-state index in [4.69, 9.17) is 4.98 Å². The number of rotatable bonds is 5. The number of ketones is 1. The van der Waals surface area contributed by atoms with Crippen LogP contribution in [-0.2, 0) is 0 Å². The van der Waals surface area contributed by atoms with Crippen molar-refractivity contribution in [2.24, 2.45) is 11.3 Å². The normalized spacial score (nSPS) is 27.4. The monoisotopic (exact) mass is 429 g/mol. The average Bonchev–Trinajstić information content (AvgIpc) is 3.10. The van der Waals surface area contributed by atoms with Gasteiger partial charge in [0.1, 0.15) is 21.9 Å². The second-order valence-electron chi connectivity index (χ2n) is 10.7. The number of carbonyl (C=O) groups is 1. The minimum absolute atomic E-state index is 0.0875. The van der Waals surface area contributed by atoms with Crippen LogP contribution in [-0.4, -0.2) is 31.4 Å². The topological polar surface area (TPSA) is 76.0 Å². The van der Waals surface area contributed by atoms with Crippen molar-refractivity contribution in [2.45, 2.75) is 103 Å². The van der Waals surface area contributed by atoms with E-state index in [9.17, 15) is 9.90 Å². The van der Waals surface area contributed by atoms with Gasteiger partial charge in [-0.15, -0.1) is 0 Å². The highest BCUT2D eigenvalue weighted by Crippen LogP contribution is 2.44. The quantitative estimate of drug-likeness (QED) is 0.591. The van der Waals surface area contributed by atoms with E-state index in [-0.39, 0.29) is 5.78 Å². The predicted octanol–water partition coefficient (Wildman–Crippen LogP) is 5.98. The van der Waals surface area contributed by atoms with E-state index in [0.717, 1.165) is 54.8 Å². The second kappa shape index (κ2) is 8.27. The minimum Gasteiger partial charge on any atom is -0.390 e. The Bertz CT molecular complexity index is 914. The molecule has 4 rings (SSSR count). The van der Waals surface area contributed by atoms with Crippen LogP contribution in [0, 0.1) is 18.3 Å². The number of thiazole rings is 1. The number of fused-ring (bicyclic) bond motifs is 1. The van der Waals surface area contributed by atoms with Crippen molar-refractivity contribution in [3.05, 3.63) is 16.5 Å². The third-order valence-electron chi connectivity index (χ3n) is 7.30. The van der Waals surface area contributed by atoms with E-state index in [1.807, 2.05) is 13.8 Å². The van der Waals surface area contributed by atoms with Crippen LogP contribution in [0.1, 0.15) is 112 Å². The average molecular weight is 430 g/mol. The zero-order chi connectivity index (χ0) is 21.5. The Balaban J connectivity index is 1.48. The van der Waals surface area contributed by atoms with Crippen LogP contribution in [0.3, 0.4) is 0 Å². The Morgan fingerprint density at radius 3 is 2.37 bits per heavy atom. The highest BCUT2D eigenvalue weighted by molar-refractivity contribution is 7.18. The van der Waals surface area contributed by atoms with Crippen molar-refractivity contribution in [3.8, 4) is 0 Å². The van der Waals surface area contributed by atoms with Crippen LogP contribution >= 0.6 is 11.3 Å². The SMILES string of the molecule is Cc1nc(C(=O)CCC2CCC(C)(O)CC2)c2nc(C3CCC(C)(C)CC3)sc2n1. The van der Waals surface area contributed by atoms with Crippen LogP contribution in [0.15, 0.2) is 0 Å². The van der Waals surface area contributed by atoms with Gasteiger partial charge in [0.2, 0.25) is 0 Å². The van der Waals surface area contributed by atoms with Gasteiger partial charge in [-0.1, -0.05) is 25.2 Å². The standard InChI is InChI=1S/C24H35N3O2S/c1-15-25-19(18(28)6-5-16-7-13-24(4,29)14-8-16)20-22(26-15)30-21(27-20)17-9-11-23(2,3)12-10-17/h16-17,29H,5-14H2,1-4H3. The van der Waals surface area contributed by atoms with Crippen molar-refractivity contribution in [1.82, 2.24) is 15.0 Å². The summed E-state index contributed by atoms with van der Waals surface area (Å²) in [5.74, 6) is 1.74. The van der Waals surface area contributed by atoms with Gasteiger partial charge in [0.25, 0.3) is 0 Å². The number of hydrogen-bond donors (Lipinski definition) is 1. The van der Waals surface area contributed by atoms with Gasteiger partial charge >= 0.3 is 0 Å². The first kappa shape index (κ1) is 21.8. The lowest BCUT2D eigenvalue weighted by molar-refractivity contribution is 0.00691. The van der Waals surface area contributed by atoms with Gasteiger partial charge in [-0.2, -0.15) is 0 Å². The van der Waals surface area contributed by atoms with E-state index in [2.05, 4.69) is 23.8 Å². The Kier molecular flexibility index (Phi) is 6.01. The maximum absolute atomic E-state index is 13.1. The number of hydrogen-bond acceptors (Lipinski definition) is 6. The number of aliphatic hydroxyl groups is 1. The molecule has 2 aliphatic carbocycles. The molecule has 0 unspecified atom stereocenters. The van der Waals surface area contributed by atoms with Crippen LogP contribution in [0.2, 0.25) is 0 Å². The number of nitrogens with zero attached hydrogens (tertiary/aromatic N) is 3. The Morgan fingerprint density at radius 2 is 1.70 bits per heavy atom. The Morgan fingerprint density at radius 1 is 1.03 bits per heavy atom. The van der Waals surface area contributed by atoms with E-state index in [1.165, 1.54) is 12.8 Å². The molecule has 2 fully saturated rings. The summed E-state index contributed by atoms with van der Waals surface area (Å²) in [7, 11) is 0. The molecule has 2 aliphatic rings. The van der Waals surface area contributed by atoms with Crippen molar-refractivity contribution < 1.29 is 9.90 Å². The van der Waals surface area contributed by atoms with Crippen molar-refractivity contribution >= 4 is 27.5 Å². The Labute approximate surface area is 183 Å². The fourth-order valence-corrected chi connectivity index (χ4v) is 6.16. The van der Waals surface area contributed by atoms with Crippen molar-refractivity contribution in [1.29, 1.82) is 0 Å². The summed E-state index contributed by atoms with van der Waals surface area (Å²) in [6.45, 7) is 8.48. The van der Waals surface area contributed by atoms with E-state index >= 15 is 0 Å². The first-order valence-corrected chi connectivity index (χ1v) is 12.3. The summed E-state index contributed by atoms with van der Waals surface area (Å²) >= 11 is 1.65. The summed E-state index contributed by atoms with van der Waals surface area (Å²) < 4.78 is 0. The van der Waals surface area contributed by atoms with Crippen LogP contribution in [0.25, 0.3) is 10.3 Å². The molecule has 2 heterocycles. The van der Waals surface area contributed by atoms with Crippen LogP contribution in [0.4, 0.5) is 0 Å². The third kappa shape index (κ3) is 4.91. The zero-order valence-electron chi connectivity index (χ0n) is 18.8. The van der Waals surface area contributed by atoms with E-state index in [1.54, 1.807) is 11.3 Å². The maximum Gasteiger partial charge on any atom is 0.183 e. The Hall–Kier alpha value is -1.40.